The highest BCUT2D eigenvalue weighted by molar-refractivity contribution is 5.94. The molecule has 9 heteroatoms. The molecular formula is C23H34N4O5. The van der Waals surface area contributed by atoms with Crippen molar-refractivity contribution in [3.63, 3.8) is 0 Å². The van der Waals surface area contributed by atoms with E-state index >= 15 is 0 Å². The van der Waals surface area contributed by atoms with E-state index in [-0.39, 0.29) is 5.92 Å². The molecule has 0 saturated carbocycles. The Labute approximate surface area is 188 Å². The van der Waals surface area contributed by atoms with Gasteiger partial charge < -0.3 is 26.4 Å². The monoisotopic (exact) mass is 446 g/mol. The van der Waals surface area contributed by atoms with Crippen LogP contribution in [0.25, 0.3) is 0 Å². The van der Waals surface area contributed by atoms with E-state index in [9.17, 15) is 24.3 Å². The number of hydrogen-bond acceptors (Lipinski definition) is 5. The summed E-state index contributed by atoms with van der Waals surface area (Å²) in [7, 11) is 0. The van der Waals surface area contributed by atoms with Crippen LogP contribution in [0.4, 0.5) is 0 Å². The van der Waals surface area contributed by atoms with Crippen molar-refractivity contribution in [3.05, 3.63) is 35.9 Å². The van der Waals surface area contributed by atoms with E-state index < -0.39 is 47.9 Å². The summed E-state index contributed by atoms with van der Waals surface area (Å²) < 4.78 is 0. The number of carbonyl (C=O) groups is 4. The summed E-state index contributed by atoms with van der Waals surface area (Å²) in [5.41, 5.74) is 6.97. The molecule has 5 atom stereocenters. The molecule has 5 unspecified atom stereocenters. The third kappa shape index (κ3) is 6.53. The van der Waals surface area contributed by atoms with Gasteiger partial charge in [-0.2, -0.15) is 0 Å². The minimum absolute atomic E-state index is 0.191. The fraction of sp³-hybridized carbons (Fsp3) is 0.565. The van der Waals surface area contributed by atoms with Crippen LogP contribution in [0.15, 0.2) is 30.3 Å². The topological polar surface area (TPSA) is 142 Å². The molecule has 176 valence electrons. The molecule has 0 aliphatic carbocycles. The molecule has 0 spiro atoms. The zero-order chi connectivity index (χ0) is 23.8. The molecule has 1 aliphatic rings. The Bertz CT molecular complexity index is 816. The highest BCUT2D eigenvalue weighted by Crippen LogP contribution is 2.18. The highest BCUT2D eigenvalue weighted by Gasteiger charge is 2.37. The molecule has 1 aliphatic heterocycles. The summed E-state index contributed by atoms with van der Waals surface area (Å²) in [6.45, 7) is 5.60. The first-order valence-electron chi connectivity index (χ1n) is 11.1. The number of carbonyl (C=O) groups excluding carboxylic acids is 3. The molecule has 0 aromatic heterocycles. The predicted molar refractivity (Wildman–Crippen MR) is 119 cm³/mol. The van der Waals surface area contributed by atoms with Gasteiger partial charge in [0.15, 0.2) is 0 Å². The minimum Gasteiger partial charge on any atom is -0.480 e. The van der Waals surface area contributed by atoms with Gasteiger partial charge in [-0.3, -0.25) is 14.4 Å². The lowest BCUT2D eigenvalue weighted by Crippen LogP contribution is -2.58. The van der Waals surface area contributed by atoms with Gasteiger partial charge in [0.2, 0.25) is 17.7 Å². The Hall–Kier alpha value is -2.94. The normalized spacial score (nSPS) is 19.5. The number of aliphatic carboxylic acids is 1. The second-order valence-electron chi connectivity index (χ2n) is 8.43. The molecule has 3 amide bonds. The van der Waals surface area contributed by atoms with Crippen molar-refractivity contribution in [3.8, 4) is 0 Å². The van der Waals surface area contributed by atoms with Crippen LogP contribution < -0.4 is 16.4 Å². The molecule has 5 N–H and O–H groups in total. The molecule has 1 heterocycles. The zero-order valence-corrected chi connectivity index (χ0v) is 18.9. The first-order chi connectivity index (χ1) is 15.1. The van der Waals surface area contributed by atoms with E-state index in [0.717, 1.165) is 5.56 Å². The van der Waals surface area contributed by atoms with Crippen LogP contribution in [0, 0.1) is 5.92 Å². The largest absolute Gasteiger partial charge is 0.480 e. The Morgan fingerprint density at radius 3 is 2.38 bits per heavy atom. The van der Waals surface area contributed by atoms with Crippen LogP contribution >= 0.6 is 0 Å². The van der Waals surface area contributed by atoms with Gasteiger partial charge in [-0.25, -0.2) is 4.79 Å². The van der Waals surface area contributed by atoms with Crippen molar-refractivity contribution in [1.82, 2.24) is 15.5 Å². The average molecular weight is 447 g/mol. The van der Waals surface area contributed by atoms with Gasteiger partial charge in [-0.15, -0.1) is 0 Å². The molecule has 2 rings (SSSR count). The van der Waals surface area contributed by atoms with Crippen LogP contribution in [-0.2, 0) is 25.6 Å². The summed E-state index contributed by atoms with van der Waals surface area (Å²) in [6.07, 6.45) is 1.96. The van der Waals surface area contributed by atoms with E-state index in [4.69, 9.17) is 5.73 Å². The van der Waals surface area contributed by atoms with Gasteiger partial charge in [0, 0.05) is 6.54 Å². The SMILES string of the molecule is CCC(C)C(NC(=O)C(N)Cc1ccccc1)C(=O)NC(C)C(=O)N1CCCC1C(=O)O. The average Bonchev–Trinajstić information content (AvgIpc) is 3.27. The third-order valence-electron chi connectivity index (χ3n) is 5.98. The molecule has 1 aromatic carbocycles. The molecule has 1 aromatic rings. The van der Waals surface area contributed by atoms with Gasteiger partial charge in [0.1, 0.15) is 18.1 Å². The third-order valence-corrected chi connectivity index (χ3v) is 5.98. The number of hydrogen-bond donors (Lipinski definition) is 4. The number of nitrogens with one attached hydrogen (secondary N) is 2. The lowest BCUT2D eigenvalue weighted by molar-refractivity contribution is -0.149. The maximum atomic E-state index is 13.0. The summed E-state index contributed by atoms with van der Waals surface area (Å²) in [6, 6.07) is 5.89. The van der Waals surface area contributed by atoms with Gasteiger partial charge in [-0.1, -0.05) is 50.6 Å². The van der Waals surface area contributed by atoms with Crippen molar-refractivity contribution in [2.75, 3.05) is 6.54 Å². The summed E-state index contributed by atoms with van der Waals surface area (Å²) in [5, 5.41) is 14.7. The molecule has 1 fully saturated rings. The molecule has 32 heavy (non-hydrogen) atoms. The van der Waals surface area contributed by atoms with Crippen molar-refractivity contribution in [2.45, 2.75) is 70.6 Å². The number of carboxylic acids is 1. The summed E-state index contributed by atoms with van der Waals surface area (Å²) >= 11 is 0. The fourth-order valence-electron chi connectivity index (χ4n) is 3.82. The molecule has 0 bridgehead atoms. The standard InChI is InChI=1S/C23H34N4O5/c1-4-14(2)19(26-20(28)17(24)13-16-9-6-5-7-10-16)21(29)25-15(3)22(30)27-12-8-11-18(27)23(31)32/h5-7,9-10,14-15,17-19H,4,8,11-13,24H2,1-3H3,(H,25,29)(H,26,28)(H,31,32). The number of benzene rings is 1. The van der Waals surface area contributed by atoms with Crippen LogP contribution in [0.1, 0.15) is 45.6 Å². The van der Waals surface area contributed by atoms with Crippen molar-refractivity contribution in [2.24, 2.45) is 11.7 Å². The Morgan fingerprint density at radius 2 is 1.78 bits per heavy atom. The number of rotatable bonds is 10. The quantitative estimate of drug-likeness (QED) is 0.416. The molecule has 1 saturated heterocycles. The summed E-state index contributed by atoms with van der Waals surface area (Å²) in [5.74, 6) is -2.63. The fourth-order valence-corrected chi connectivity index (χ4v) is 3.82. The smallest absolute Gasteiger partial charge is 0.326 e. The van der Waals surface area contributed by atoms with E-state index in [0.29, 0.717) is 32.2 Å². The summed E-state index contributed by atoms with van der Waals surface area (Å²) in [4.78, 5) is 51.0. The first kappa shape index (κ1) is 25.3. The number of nitrogens with two attached hydrogens (primary N) is 1. The number of amides is 3. The molecule has 9 nitrogen and oxygen atoms in total. The van der Waals surface area contributed by atoms with Crippen LogP contribution in [0.2, 0.25) is 0 Å². The Morgan fingerprint density at radius 1 is 1.12 bits per heavy atom. The van der Waals surface area contributed by atoms with Crippen LogP contribution in [0.3, 0.4) is 0 Å². The van der Waals surface area contributed by atoms with Crippen molar-refractivity contribution < 1.29 is 24.3 Å². The van der Waals surface area contributed by atoms with Crippen molar-refractivity contribution >= 4 is 23.7 Å². The lowest BCUT2D eigenvalue weighted by Gasteiger charge is -2.29. The predicted octanol–water partition coefficient (Wildman–Crippen LogP) is 0.668. The second-order valence-corrected chi connectivity index (χ2v) is 8.43. The van der Waals surface area contributed by atoms with E-state index in [1.807, 2.05) is 44.2 Å². The number of likely N-dealkylation sites (tertiary alicyclic amines) is 1. The number of carboxylic acid groups (broad SMARTS) is 1. The van der Waals surface area contributed by atoms with E-state index in [2.05, 4.69) is 10.6 Å². The number of nitrogens with zero attached hydrogens (tertiary/aromatic N) is 1. The first-order valence-corrected chi connectivity index (χ1v) is 11.1. The lowest BCUT2D eigenvalue weighted by atomic mass is 9.97. The zero-order valence-electron chi connectivity index (χ0n) is 18.9. The molecule has 0 radical (unpaired) electrons. The Kier molecular flexibility index (Phi) is 9.19. The maximum Gasteiger partial charge on any atom is 0.326 e. The van der Waals surface area contributed by atoms with E-state index in [1.165, 1.54) is 11.8 Å². The Balaban J connectivity index is 2.01. The van der Waals surface area contributed by atoms with Crippen molar-refractivity contribution in [1.29, 1.82) is 0 Å². The van der Waals surface area contributed by atoms with Crippen LogP contribution in [0.5, 0.6) is 0 Å². The van der Waals surface area contributed by atoms with E-state index in [1.54, 1.807) is 0 Å². The molecular weight excluding hydrogens is 412 g/mol. The minimum atomic E-state index is -1.05. The second kappa shape index (κ2) is 11.6. The highest BCUT2D eigenvalue weighted by atomic mass is 16.4. The van der Waals surface area contributed by atoms with Gasteiger partial charge in [0.25, 0.3) is 0 Å². The van der Waals surface area contributed by atoms with Gasteiger partial charge in [0.05, 0.1) is 6.04 Å². The van der Waals surface area contributed by atoms with Gasteiger partial charge >= 0.3 is 5.97 Å². The van der Waals surface area contributed by atoms with Crippen LogP contribution in [-0.4, -0.2) is 64.4 Å². The maximum absolute atomic E-state index is 13.0. The van der Waals surface area contributed by atoms with Gasteiger partial charge in [-0.05, 0) is 37.7 Å².